The summed E-state index contributed by atoms with van der Waals surface area (Å²) in [5, 5.41) is 0. The van der Waals surface area contributed by atoms with E-state index >= 15 is 0 Å². The number of hydrogen-bond donors (Lipinski definition) is 2. The van der Waals surface area contributed by atoms with Crippen molar-refractivity contribution in [2.24, 2.45) is 0 Å². The van der Waals surface area contributed by atoms with Gasteiger partial charge in [0, 0.05) is 15.8 Å². The molecule has 0 spiro atoms. The molecule has 0 bridgehead atoms. The lowest BCUT2D eigenvalue weighted by molar-refractivity contribution is 0.600. The summed E-state index contributed by atoms with van der Waals surface area (Å²) in [6.45, 7) is 5.57. The van der Waals surface area contributed by atoms with Crippen molar-refractivity contribution in [3.05, 3.63) is 51.5 Å². The van der Waals surface area contributed by atoms with Crippen LogP contribution in [0.3, 0.4) is 0 Å². The maximum Gasteiger partial charge on any atom is 0.262 e. The van der Waals surface area contributed by atoms with Crippen LogP contribution in [-0.2, 0) is 10.0 Å². The summed E-state index contributed by atoms with van der Waals surface area (Å²) in [5.41, 5.74) is 9.31. The highest BCUT2D eigenvalue weighted by molar-refractivity contribution is 9.10. The van der Waals surface area contributed by atoms with Gasteiger partial charge >= 0.3 is 0 Å². The quantitative estimate of drug-likeness (QED) is 0.810. The fourth-order valence-corrected chi connectivity index (χ4v) is 3.69. The van der Waals surface area contributed by atoms with Crippen molar-refractivity contribution < 1.29 is 8.42 Å². The first-order valence-electron chi connectivity index (χ1n) is 6.36. The molecule has 0 unspecified atom stereocenters. The van der Waals surface area contributed by atoms with Crippen molar-refractivity contribution in [1.29, 1.82) is 0 Å². The zero-order valence-electron chi connectivity index (χ0n) is 12.1. The smallest absolute Gasteiger partial charge is 0.262 e. The van der Waals surface area contributed by atoms with Crippen LogP contribution in [0.25, 0.3) is 0 Å². The van der Waals surface area contributed by atoms with Gasteiger partial charge in [0.15, 0.2) is 0 Å². The number of aryl methyl sites for hydroxylation is 3. The topological polar surface area (TPSA) is 72.2 Å². The van der Waals surface area contributed by atoms with Crippen molar-refractivity contribution in [2.45, 2.75) is 25.7 Å². The van der Waals surface area contributed by atoms with Crippen LogP contribution in [0.5, 0.6) is 0 Å². The second-order valence-corrected chi connectivity index (χ2v) is 7.50. The Kier molecular flexibility index (Phi) is 4.30. The number of rotatable bonds is 3. The van der Waals surface area contributed by atoms with Crippen LogP contribution in [0, 0.1) is 20.8 Å². The molecule has 112 valence electrons. The van der Waals surface area contributed by atoms with Gasteiger partial charge in [-0.05, 0) is 67.8 Å². The summed E-state index contributed by atoms with van der Waals surface area (Å²) in [4.78, 5) is 0.231. The van der Waals surface area contributed by atoms with Gasteiger partial charge in [0.2, 0.25) is 0 Å². The lowest BCUT2D eigenvalue weighted by Crippen LogP contribution is -2.14. The van der Waals surface area contributed by atoms with Gasteiger partial charge in [-0.25, -0.2) is 8.42 Å². The van der Waals surface area contributed by atoms with Gasteiger partial charge < -0.3 is 5.73 Å². The number of halogens is 1. The SMILES string of the molecule is Cc1cc(N)ccc1S(=O)(=O)Nc1cc(C)c(Br)c(C)c1. The lowest BCUT2D eigenvalue weighted by Gasteiger charge is -2.13. The Labute approximate surface area is 133 Å². The average Bonchev–Trinajstić information content (AvgIpc) is 2.34. The van der Waals surface area contributed by atoms with Crippen LogP contribution in [0.2, 0.25) is 0 Å². The highest BCUT2D eigenvalue weighted by atomic mass is 79.9. The first-order valence-corrected chi connectivity index (χ1v) is 8.64. The summed E-state index contributed by atoms with van der Waals surface area (Å²) in [5.74, 6) is 0. The van der Waals surface area contributed by atoms with Gasteiger partial charge in [0.1, 0.15) is 0 Å². The molecular formula is C15H17BrN2O2S. The van der Waals surface area contributed by atoms with Crippen molar-refractivity contribution in [3.63, 3.8) is 0 Å². The fraction of sp³-hybridized carbons (Fsp3) is 0.200. The molecule has 2 aromatic rings. The predicted octanol–water partition coefficient (Wildman–Crippen LogP) is 3.76. The van der Waals surface area contributed by atoms with E-state index in [0.717, 1.165) is 15.6 Å². The summed E-state index contributed by atoms with van der Waals surface area (Å²) in [6.07, 6.45) is 0. The van der Waals surface area contributed by atoms with E-state index in [4.69, 9.17) is 5.73 Å². The molecule has 0 aliphatic carbocycles. The van der Waals surface area contributed by atoms with Crippen molar-refractivity contribution in [3.8, 4) is 0 Å². The maximum absolute atomic E-state index is 12.5. The molecule has 21 heavy (non-hydrogen) atoms. The van der Waals surface area contributed by atoms with E-state index in [1.807, 2.05) is 13.8 Å². The average molecular weight is 369 g/mol. The van der Waals surface area contributed by atoms with Crippen LogP contribution >= 0.6 is 15.9 Å². The Bertz CT molecular complexity index is 778. The van der Waals surface area contributed by atoms with Gasteiger partial charge in [-0.3, -0.25) is 4.72 Å². The third kappa shape index (κ3) is 3.39. The van der Waals surface area contributed by atoms with Crippen LogP contribution in [0.4, 0.5) is 11.4 Å². The largest absolute Gasteiger partial charge is 0.399 e. The summed E-state index contributed by atoms with van der Waals surface area (Å²) in [6, 6.07) is 8.33. The number of benzene rings is 2. The van der Waals surface area contributed by atoms with Gasteiger partial charge in [-0.2, -0.15) is 0 Å². The molecule has 0 fully saturated rings. The molecule has 6 heteroatoms. The first kappa shape index (κ1) is 15.9. The molecule has 0 aliphatic rings. The molecule has 0 saturated carbocycles. The standard InChI is InChI=1S/C15H17BrN2O2S/c1-9-6-12(17)4-5-14(9)21(19,20)18-13-7-10(2)15(16)11(3)8-13/h4-8,18H,17H2,1-3H3. The number of hydrogen-bond acceptors (Lipinski definition) is 3. The molecular weight excluding hydrogens is 352 g/mol. The van der Waals surface area contributed by atoms with E-state index < -0.39 is 10.0 Å². The zero-order chi connectivity index (χ0) is 15.8. The van der Waals surface area contributed by atoms with Crippen LogP contribution in [-0.4, -0.2) is 8.42 Å². The number of nitrogens with one attached hydrogen (secondary N) is 1. The first-order chi connectivity index (χ1) is 9.70. The normalized spacial score (nSPS) is 11.4. The maximum atomic E-state index is 12.5. The number of nitrogens with two attached hydrogens (primary N) is 1. The number of anilines is 2. The van der Waals surface area contributed by atoms with E-state index in [2.05, 4.69) is 20.7 Å². The zero-order valence-corrected chi connectivity index (χ0v) is 14.5. The van der Waals surface area contributed by atoms with Crippen molar-refractivity contribution in [1.82, 2.24) is 0 Å². The fourth-order valence-electron chi connectivity index (χ4n) is 2.19. The minimum Gasteiger partial charge on any atom is -0.399 e. The van der Waals surface area contributed by atoms with Crippen molar-refractivity contribution in [2.75, 3.05) is 10.5 Å². The molecule has 0 aromatic heterocycles. The molecule has 0 atom stereocenters. The molecule has 0 saturated heterocycles. The third-order valence-corrected chi connectivity index (χ3v) is 5.97. The minimum atomic E-state index is -3.63. The minimum absolute atomic E-state index is 0.231. The molecule has 2 rings (SSSR count). The summed E-state index contributed by atoms with van der Waals surface area (Å²) >= 11 is 3.47. The molecule has 4 nitrogen and oxygen atoms in total. The molecule has 0 amide bonds. The summed E-state index contributed by atoms with van der Waals surface area (Å²) in [7, 11) is -3.63. The Balaban J connectivity index is 2.42. The van der Waals surface area contributed by atoms with Gasteiger partial charge in [-0.15, -0.1) is 0 Å². The van der Waals surface area contributed by atoms with E-state index in [-0.39, 0.29) is 4.90 Å². The predicted molar refractivity (Wildman–Crippen MR) is 90.0 cm³/mol. The van der Waals surface area contributed by atoms with E-state index in [0.29, 0.717) is 16.9 Å². The van der Waals surface area contributed by atoms with E-state index in [1.54, 1.807) is 31.2 Å². The summed E-state index contributed by atoms with van der Waals surface area (Å²) < 4.78 is 28.6. The highest BCUT2D eigenvalue weighted by Crippen LogP contribution is 2.27. The monoisotopic (exact) mass is 368 g/mol. The Morgan fingerprint density at radius 3 is 2.10 bits per heavy atom. The molecule has 0 radical (unpaired) electrons. The van der Waals surface area contributed by atoms with Crippen LogP contribution in [0.15, 0.2) is 39.7 Å². The van der Waals surface area contributed by atoms with Crippen molar-refractivity contribution >= 4 is 37.3 Å². The van der Waals surface area contributed by atoms with Crippen LogP contribution in [0.1, 0.15) is 16.7 Å². The molecule has 2 aromatic carbocycles. The lowest BCUT2D eigenvalue weighted by atomic mass is 10.1. The number of nitrogen functional groups attached to an aromatic ring is 1. The third-order valence-electron chi connectivity index (χ3n) is 3.18. The Morgan fingerprint density at radius 2 is 1.57 bits per heavy atom. The van der Waals surface area contributed by atoms with Gasteiger partial charge in [-0.1, -0.05) is 15.9 Å². The molecule has 0 aliphatic heterocycles. The Morgan fingerprint density at radius 1 is 1.00 bits per heavy atom. The highest BCUT2D eigenvalue weighted by Gasteiger charge is 2.17. The second kappa shape index (κ2) is 5.69. The second-order valence-electron chi connectivity index (χ2n) is 5.05. The molecule has 3 N–H and O–H groups in total. The van der Waals surface area contributed by atoms with Gasteiger partial charge in [0.05, 0.1) is 4.90 Å². The Hall–Kier alpha value is -1.53. The van der Waals surface area contributed by atoms with Crippen LogP contribution < -0.4 is 10.5 Å². The van der Waals surface area contributed by atoms with Gasteiger partial charge in [0.25, 0.3) is 10.0 Å². The molecule has 0 heterocycles. The van der Waals surface area contributed by atoms with E-state index in [9.17, 15) is 8.42 Å². The van der Waals surface area contributed by atoms with E-state index in [1.165, 1.54) is 6.07 Å². The number of sulfonamides is 1.